The van der Waals surface area contributed by atoms with Crippen LogP contribution in [0.3, 0.4) is 0 Å². The van der Waals surface area contributed by atoms with Crippen molar-refractivity contribution in [3.63, 3.8) is 0 Å². The molecule has 1 saturated carbocycles. The Morgan fingerprint density at radius 2 is 2.40 bits per heavy atom. The van der Waals surface area contributed by atoms with Crippen molar-refractivity contribution in [1.29, 1.82) is 0 Å². The van der Waals surface area contributed by atoms with Gasteiger partial charge in [-0.2, -0.15) is 0 Å². The average molecular weight is 142 g/mol. The molecule has 0 spiro atoms. The third-order valence-corrected chi connectivity index (χ3v) is 2.05. The van der Waals surface area contributed by atoms with Crippen LogP contribution in [0.2, 0.25) is 0 Å². The highest BCUT2D eigenvalue weighted by Gasteiger charge is 2.49. The molecule has 0 aromatic rings. The summed E-state index contributed by atoms with van der Waals surface area (Å²) in [5.41, 5.74) is -0.572. The van der Waals surface area contributed by atoms with Gasteiger partial charge < -0.3 is 10.2 Å². The van der Waals surface area contributed by atoms with Gasteiger partial charge in [0.25, 0.3) is 0 Å². The van der Waals surface area contributed by atoms with E-state index in [4.69, 9.17) is 5.11 Å². The van der Waals surface area contributed by atoms with Gasteiger partial charge in [0.15, 0.2) is 0 Å². The van der Waals surface area contributed by atoms with E-state index in [0.717, 1.165) is 12.8 Å². The Balaban J connectivity index is 2.33. The van der Waals surface area contributed by atoms with Gasteiger partial charge in [-0.1, -0.05) is 12.2 Å². The monoisotopic (exact) mass is 142 g/mol. The molecule has 0 aromatic carbocycles. The quantitative estimate of drug-likeness (QED) is 0.569. The van der Waals surface area contributed by atoms with E-state index in [2.05, 4.69) is 0 Å². The van der Waals surface area contributed by atoms with Crippen LogP contribution in [-0.2, 0) is 0 Å². The lowest BCUT2D eigenvalue weighted by atomic mass is 10.2. The first-order valence-electron chi connectivity index (χ1n) is 3.70. The van der Waals surface area contributed by atoms with Crippen LogP contribution in [-0.4, -0.2) is 22.4 Å². The van der Waals surface area contributed by atoms with Crippen molar-refractivity contribution in [2.45, 2.75) is 25.4 Å². The lowest BCUT2D eigenvalue weighted by Gasteiger charge is -2.00. The molecule has 1 fully saturated rings. The molecule has 0 heterocycles. The second kappa shape index (κ2) is 2.72. The van der Waals surface area contributed by atoms with Crippen molar-refractivity contribution < 1.29 is 10.2 Å². The smallest absolute Gasteiger partial charge is 0.0861 e. The van der Waals surface area contributed by atoms with Crippen molar-refractivity contribution in [2.75, 3.05) is 6.61 Å². The summed E-state index contributed by atoms with van der Waals surface area (Å²) in [6.45, 7) is 2.08. The molecule has 0 bridgehead atoms. The van der Waals surface area contributed by atoms with Gasteiger partial charge >= 0.3 is 0 Å². The molecular weight excluding hydrogens is 128 g/mol. The molecule has 0 aliphatic heterocycles. The highest BCUT2D eigenvalue weighted by atomic mass is 16.3. The number of rotatable bonds is 3. The topological polar surface area (TPSA) is 40.5 Å². The van der Waals surface area contributed by atoms with Crippen LogP contribution >= 0.6 is 0 Å². The SMILES string of the molecule is C/C=C/[C@]1(O)C[C@@H]1CCO. The van der Waals surface area contributed by atoms with Crippen molar-refractivity contribution in [3.8, 4) is 0 Å². The normalized spacial score (nSPS) is 38.9. The van der Waals surface area contributed by atoms with E-state index in [1.54, 1.807) is 0 Å². The minimum atomic E-state index is -0.572. The fraction of sp³-hybridized carbons (Fsp3) is 0.750. The second-order valence-corrected chi connectivity index (χ2v) is 2.90. The molecule has 0 aromatic heterocycles. The second-order valence-electron chi connectivity index (χ2n) is 2.90. The van der Waals surface area contributed by atoms with E-state index in [0.29, 0.717) is 5.92 Å². The average Bonchev–Trinajstić information content (AvgIpc) is 2.44. The molecule has 10 heavy (non-hydrogen) atoms. The number of hydrogen-bond acceptors (Lipinski definition) is 2. The molecule has 1 rings (SSSR count). The molecular formula is C8H14O2. The third kappa shape index (κ3) is 1.39. The third-order valence-electron chi connectivity index (χ3n) is 2.05. The first kappa shape index (κ1) is 7.76. The summed E-state index contributed by atoms with van der Waals surface area (Å²) in [5.74, 6) is 0.300. The summed E-state index contributed by atoms with van der Waals surface area (Å²) in [5, 5.41) is 18.1. The van der Waals surface area contributed by atoms with Gasteiger partial charge in [-0.05, 0) is 25.7 Å². The molecule has 0 amide bonds. The summed E-state index contributed by atoms with van der Waals surface area (Å²) in [4.78, 5) is 0. The highest BCUT2D eigenvalue weighted by molar-refractivity contribution is 5.16. The van der Waals surface area contributed by atoms with Gasteiger partial charge in [0.2, 0.25) is 0 Å². The van der Waals surface area contributed by atoms with Crippen LogP contribution in [0.15, 0.2) is 12.2 Å². The van der Waals surface area contributed by atoms with Crippen LogP contribution in [0.5, 0.6) is 0 Å². The zero-order chi connectivity index (χ0) is 7.61. The fourth-order valence-electron chi connectivity index (χ4n) is 1.34. The van der Waals surface area contributed by atoms with Crippen molar-refractivity contribution >= 4 is 0 Å². The first-order chi connectivity index (χ1) is 4.73. The predicted molar refractivity (Wildman–Crippen MR) is 39.6 cm³/mol. The zero-order valence-electron chi connectivity index (χ0n) is 6.25. The Morgan fingerprint density at radius 1 is 1.70 bits per heavy atom. The van der Waals surface area contributed by atoms with E-state index < -0.39 is 5.60 Å². The van der Waals surface area contributed by atoms with Crippen LogP contribution in [0, 0.1) is 5.92 Å². The predicted octanol–water partition coefficient (Wildman–Crippen LogP) is 0.696. The van der Waals surface area contributed by atoms with Gasteiger partial charge in [-0.3, -0.25) is 0 Å². The van der Waals surface area contributed by atoms with Gasteiger partial charge in [-0.15, -0.1) is 0 Å². The lowest BCUT2D eigenvalue weighted by Crippen LogP contribution is -2.06. The fourth-order valence-corrected chi connectivity index (χ4v) is 1.34. The molecule has 58 valence electrons. The molecule has 1 aliphatic rings. The van der Waals surface area contributed by atoms with E-state index in [1.807, 2.05) is 19.1 Å². The van der Waals surface area contributed by atoms with Gasteiger partial charge in [-0.25, -0.2) is 0 Å². The molecule has 2 N–H and O–H groups in total. The van der Waals surface area contributed by atoms with Crippen LogP contribution in [0.1, 0.15) is 19.8 Å². The molecule has 0 saturated heterocycles. The Kier molecular flexibility index (Phi) is 2.11. The summed E-state index contributed by atoms with van der Waals surface area (Å²) >= 11 is 0. The number of hydrogen-bond donors (Lipinski definition) is 2. The van der Waals surface area contributed by atoms with E-state index in [-0.39, 0.29) is 6.61 Å². The maximum atomic E-state index is 9.52. The molecule has 0 radical (unpaired) electrons. The first-order valence-corrected chi connectivity index (χ1v) is 3.70. The Morgan fingerprint density at radius 3 is 2.90 bits per heavy atom. The van der Waals surface area contributed by atoms with Gasteiger partial charge in [0.05, 0.1) is 5.60 Å². The minimum Gasteiger partial charge on any atom is -0.396 e. The molecule has 2 nitrogen and oxygen atoms in total. The van der Waals surface area contributed by atoms with Crippen molar-refractivity contribution in [1.82, 2.24) is 0 Å². The molecule has 2 atom stereocenters. The standard InChI is InChI=1S/C8H14O2/c1-2-4-8(10)6-7(8)3-5-9/h2,4,7,9-10H,3,5-6H2,1H3/b4-2+/t7-,8-/m0/s1. The Bertz CT molecular complexity index is 142. The number of allylic oxidation sites excluding steroid dienone is 1. The molecule has 1 aliphatic carbocycles. The van der Waals surface area contributed by atoms with Gasteiger partial charge in [0, 0.05) is 6.61 Å². The largest absolute Gasteiger partial charge is 0.396 e. The van der Waals surface area contributed by atoms with Crippen molar-refractivity contribution in [2.24, 2.45) is 5.92 Å². The van der Waals surface area contributed by atoms with E-state index in [1.165, 1.54) is 0 Å². The van der Waals surface area contributed by atoms with Gasteiger partial charge in [0.1, 0.15) is 0 Å². The van der Waals surface area contributed by atoms with Crippen LogP contribution < -0.4 is 0 Å². The van der Waals surface area contributed by atoms with E-state index >= 15 is 0 Å². The molecule has 2 heteroatoms. The lowest BCUT2D eigenvalue weighted by molar-refractivity contribution is 0.169. The summed E-state index contributed by atoms with van der Waals surface area (Å²) in [6.07, 6.45) is 5.21. The van der Waals surface area contributed by atoms with Crippen LogP contribution in [0.25, 0.3) is 0 Å². The maximum absolute atomic E-state index is 9.52. The summed E-state index contributed by atoms with van der Waals surface area (Å²) in [7, 11) is 0. The summed E-state index contributed by atoms with van der Waals surface area (Å²) in [6, 6.07) is 0. The number of aliphatic hydroxyl groups is 2. The van der Waals surface area contributed by atoms with Crippen LogP contribution in [0.4, 0.5) is 0 Å². The number of aliphatic hydroxyl groups excluding tert-OH is 1. The minimum absolute atomic E-state index is 0.185. The Hall–Kier alpha value is -0.340. The molecule has 0 unspecified atom stereocenters. The summed E-state index contributed by atoms with van der Waals surface area (Å²) < 4.78 is 0. The maximum Gasteiger partial charge on any atom is 0.0861 e. The zero-order valence-corrected chi connectivity index (χ0v) is 6.25. The Labute approximate surface area is 61.2 Å². The van der Waals surface area contributed by atoms with Crippen molar-refractivity contribution in [3.05, 3.63) is 12.2 Å². The van der Waals surface area contributed by atoms with E-state index in [9.17, 15) is 5.11 Å². The highest BCUT2D eigenvalue weighted by Crippen LogP contribution is 2.46.